The van der Waals surface area contributed by atoms with E-state index in [0.717, 1.165) is 39.1 Å². The molecule has 1 N–H and O–H groups in total. The van der Waals surface area contributed by atoms with E-state index in [-0.39, 0.29) is 5.60 Å². The summed E-state index contributed by atoms with van der Waals surface area (Å²) >= 11 is 0. The van der Waals surface area contributed by atoms with Crippen LogP contribution < -0.4 is 4.72 Å². The van der Waals surface area contributed by atoms with Crippen molar-refractivity contribution in [1.82, 2.24) is 9.62 Å². The second-order valence-corrected chi connectivity index (χ2v) is 8.94. The van der Waals surface area contributed by atoms with Gasteiger partial charge in [-0.3, -0.25) is 4.90 Å². The second-order valence-electron chi connectivity index (χ2n) is 7.18. The van der Waals surface area contributed by atoms with Gasteiger partial charge in [0, 0.05) is 38.3 Å². The lowest BCUT2D eigenvalue weighted by Crippen LogP contribution is -2.64. The molecule has 2 aliphatic rings. The first-order valence-corrected chi connectivity index (χ1v) is 10.5. The molecule has 3 heterocycles. The summed E-state index contributed by atoms with van der Waals surface area (Å²) in [7, 11) is -3.43. The van der Waals surface area contributed by atoms with Crippen molar-refractivity contribution >= 4 is 10.0 Å². The summed E-state index contributed by atoms with van der Waals surface area (Å²) in [4.78, 5) is 2.66. The van der Waals surface area contributed by atoms with Crippen LogP contribution in [-0.2, 0) is 21.3 Å². The predicted octanol–water partition coefficient (Wildman–Crippen LogP) is 2.24. The van der Waals surface area contributed by atoms with Crippen LogP contribution in [0.25, 0.3) is 0 Å². The van der Waals surface area contributed by atoms with Gasteiger partial charge >= 0.3 is 0 Å². The topological polar surface area (TPSA) is 71.8 Å². The molecule has 1 aromatic carbocycles. The van der Waals surface area contributed by atoms with E-state index in [4.69, 9.17) is 9.15 Å². The lowest BCUT2D eigenvalue weighted by molar-refractivity contribution is -0.136. The van der Waals surface area contributed by atoms with Crippen LogP contribution in [0.2, 0.25) is 0 Å². The molecule has 2 aliphatic heterocycles. The number of furan rings is 1. The highest BCUT2D eigenvalue weighted by molar-refractivity contribution is 7.89. The summed E-state index contributed by atoms with van der Waals surface area (Å²) < 4.78 is 38.6. The molecule has 0 unspecified atom stereocenters. The Morgan fingerprint density at radius 3 is 2.73 bits per heavy atom. The quantitative estimate of drug-likeness (QED) is 0.802. The molecule has 0 saturated carbocycles. The number of nitrogens with zero attached hydrogens (tertiary/aromatic N) is 1. The van der Waals surface area contributed by atoms with Crippen molar-refractivity contribution in [2.24, 2.45) is 5.92 Å². The summed E-state index contributed by atoms with van der Waals surface area (Å²) in [6.07, 6.45) is 5.26. The molecular weight excluding hydrogens is 352 g/mol. The van der Waals surface area contributed by atoms with Gasteiger partial charge in [0.25, 0.3) is 0 Å². The lowest BCUT2D eigenvalue weighted by atomic mass is 9.79. The Hall–Kier alpha value is -1.67. The average Bonchev–Trinajstić information content (AvgIpc) is 3.26. The summed E-state index contributed by atoms with van der Waals surface area (Å²) in [5.74, 6) is 0.390. The Kier molecular flexibility index (Phi) is 4.88. The van der Waals surface area contributed by atoms with Crippen LogP contribution in [0.4, 0.5) is 0 Å². The minimum atomic E-state index is -3.43. The molecule has 140 valence electrons. The molecule has 0 radical (unpaired) electrons. The number of rotatable bonds is 7. The van der Waals surface area contributed by atoms with Crippen LogP contribution >= 0.6 is 0 Å². The van der Waals surface area contributed by atoms with E-state index in [2.05, 4.69) is 9.62 Å². The third kappa shape index (κ3) is 3.57. The van der Waals surface area contributed by atoms with E-state index in [1.165, 1.54) is 5.56 Å². The standard InChI is InChI=1S/C19H24N2O4S/c22-26(23,18-4-2-1-3-5-18)20-9-6-17-8-11-25-19(17)14-21(15-19)12-16-7-10-24-13-16/h1-5,7,10,13,17,20H,6,8-9,11-12,14-15H2/t17-/m1/s1. The normalized spacial score (nSPS) is 22.5. The minimum Gasteiger partial charge on any atom is -0.472 e. The van der Waals surface area contributed by atoms with Gasteiger partial charge in [0.1, 0.15) is 0 Å². The van der Waals surface area contributed by atoms with Crippen LogP contribution in [0.3, 0.4) is 0 Å². The summed E-state index contributed by atoms with van der Waals surface area (Å²) in [6.45, 7) is 3.86. The Bertz CT molecular complexity index is 814. The third-order valence-electron chi connectivity index (χ3n) is 5.41. The molecular formula is C19H24N2O4S. The zero-order valence-corrected chi connectivity index (χ0v) is 15.5. The Balaban J connectivity index is 1.29. The SMILES string of the molecule is O=S(=O)(NCC[C@@H]1CCOC12CN(Cc1ccoc1)C2)c1ccccc1. The summed E-state index contributed by atoms with van der Waals surface area (Å²) in [6, 6.07) is 10.5. The molecule has 7 heteroatoms. The molecule has 6 nitrogen and oxygen atoms in total. The van der Waals surface area contributed by atoms with Gasteiger partial charge in [0.2, 0.25) is 10.0 Å². The van der Waals surface area contributed by atoms with Gasteiger partial charge in [-0.25, -0.2) is 13.1 Å². The first-order valence-electron chi connectivity index (χ1n) is 9.00. The number of likely N-dealkylation sites (tertiary alicyclic amines) is 1. The van der Waals surface area contributed by atoms with Crippen LogP contribution in [0, 0.1) is 5.92 Å². The molecule has 1 spiro atoms. The van der Waals surface area contributed by atoms with Crippen molar-refractivity contribution in [3.8, 4) is 0 Å². The minimum absolute atomic E-state index is 0.109. The highest BCUT2D eigenvalue weighted by atomic mass is 32.2. The van der Waals surface area contributed by atoms with Gasteiger partial charge in [0.05, 0.1) is 23.0 Å². The van der Waals surface area contributed by atoms with Gasteiger partial charge in [0.15, 0.2) is 0 Å². The maximum Gasteiger partial charge on any atom is 0.240 e. The molecule has 1 aromatic heterocycles. The van der Waals surface area contributed by atoms with Crippen molar-refractivity contribution in [2.45, 2.75) is 29.9 Å². The first kappa shape index (κ1) is 17.7. The number of sulfonamides is 1. The van der Waals surface area contributed by atoms with E-state index in [1.807, 2.05) is 12.1 Å². The van der Waals surface area contributed by atoms with Crippen LogP contribution in [0.1, 0.15) is 18.4 Å². The average molecular weight is 376 g/mol. The fraction of sp³-hybridized carbons (Fsp3) is 0.474. The van der Waals surface area contributed by atoms with E-state index in [1.54, 1.807) is 36.8 Å². The molecule has 2 aromatic rings. The smallest absolute Gasteiger partial charge is 0.240 e. The number of hydrogen-bond donors (Lipinski definition) is 1. The second kappa shape index (κ2) is 7.15. The lowest BCUT2D eigenvalue weighted by Gasteiger charge is -2.50. The third-order valence-corrected chi connectivity index (χ3v) is 6.88. The zero-order valence-electron chi connectivity index (χ0n) is 14.6. The molecule has 4 rings (SSSR count). The molecule has 2 fully saturated rings. The van der Waals surface area contributed by atoms with Crippen LogP contribution in [0.5, 0.6) is 0 Å². The molecule has 1 atom stereocenters. The van der Waals surface area contributed by atoms with Crippen molar-refractivity contribution < 1.29 is 17.6 Å². The molecule has 26 heavy (non-hydrogen) atoms. The van der Waals surface area contributed by atoms with Crippen molar-refractivity contribution in [1.29, 1.82) is 0 Å². The van der Waals surface area contributed by atoms with Gasteiger partial charge in [-0.15, -0.1) is 0 Å². The number of hydrogen-bond acceptors (Lipinski definition) is 5. The summed E-state index contributed by atoms with van der Waals surface area (Å²) in [5.41, 5.74) is 1.06. The van der Waals surface area contributed by atoms with E-state index >= 15 is 0 Å². The maximum atomic E-state index is 12.3. The van der Waals surface area contributed by atoms with Gasteiger partial charge in [-0.1, -0.05) is 18.2 Å². The fourth-order valence-electron chi connectivity index (χ4n) is 4.06. The molecule has 0 bridgehead atoms. The molecule has 2 saturated heterocycles. The van der Waals surface area contributed by atoms with E-state index in [0.29, 0.717) is 17.4 Å². The number of benzene rings is 1. The Morgan fingerprint density at radius 1 is 1.19 bits per heavy atom. The van der Waals surface area contributed by atoms with Crippen molar-refractivity contribution in [3.05, 3.63) is 54.5 Å². The van der Waals surface area contributed by atoms with Crippen LogP contribution in [-0.4, -0.2) is 45.2 Å². The zero-order chi connectivity index (χ0) is 18.0. The van der Waals surface area contributed by atoms with Crippen molar-refractivity contribution in [2.75, 3.05) is 26.2 Å². The van der Waals surface area contributed by atoms with Crippen LogP contribution in [0.15, 0.2) is 58.2 Å². The fourth-order valence-corrected chi connectivity index (χ4v) is 5.12. The van der Waals surface area contributed by atoms with Crippen molar-refractivity contribution in [3.63, 3.8) is 0 Å². The maximum absolute atomic E-state index is 12.3. The first-order chi connectivity index (χ1) is 12.6. The largest absolute Gasteiger partial charge is 0.472 e. The Labute approximate surface area is 154 Å². The van der Waals surface area contributed by atoms with Gasteiger partial charge < -0.3 is 9.15 Å². The van der Waals surface area contributed by atoms with Gasteiger partial charge in [-0.05, 0) is 37.0 Å². The summed E-state index contributed by atoms with van der Waals surface area (Å²) in [5, 5.41) is 0. The highest BCUT2D eigenvalue weighted by Gasteiger charge is 2.52. The Morgan fingerprint density at radius 2 is 2.00 bits per heavy atom. The van der Waals surface area contributed by atoms with E-state index < -0.39 is 10.0 Å². The number of nitrogens with one attached hydrogen (secondary N) is 1. The van der Waals surface area contributed by atoms with E-state index in [9.17, 15) is 8.42 Å². The predicted molar refractivity (Wildman–Crippen MR) is 97.0 cm³/mol. The molecule has 0 amide bonds. The number of ether oxygens (including phenoxy) is 1. The monoisotopic (exact) mass is 376 g/mol. The highest BCUT2D eigenvalue weighted by Crippen LogP contribution is 2.42. The van der Waals surface area contributed by atoms with Gasteiger partial charge in [-0.2, -0.15) is 0 Å². The molecule has 0 aliphatic carbocycles.